The number of rotatable bonds is 10. The second-order valence-electron chi connectivity index (χ2n) is 19.6. The SMILES string of the molecule is COc1ccccc1-c1csc2nc(N3C4CCC3COC4)nc(N3C4CCC3CC(OC)C4)c12.COc1ccccc1-c1csc2nc(N3CCNC(=O)C3)nc(N3C4CCC3CC(OC)C4)c12. The van der Waals surface area contributed by atoms with Crippen LogP contribution in [0, 0.1) is 0 Å². The highest BCUT2D eigenvalue weighted by molar-refractivity contribution is 7.17. The number of aromatic nitrogens is 4. The summed E-state index contributed by atoms with van der Waals surface area (Å²) >= 11 is 3.35. The molecule has 6 atom stereocenters. The number of piperidine rings is 2. The Morgan fingerprint density at radius 1 is 0.580 bits per heavy atom. The molecule has 7 saturated heterocycles. The van der Waals surface area contributed by atoms with Crippen molar-refractivity contribution in [1.82, 2.24) is 25.3 Å². The second-order valence-corrected chi connectivity index (χ2v) is 21.3. The van der Waals surface area contributed by atoms with Crippen LogP contribution in [0.15, 0.2) is 59.3 Å². The molecule has 17 heteroatoms. The van der Waals surface area contributed by atoms with Crippen LogP contribution >= 0.6 is 22.7 Å². The molecule has 13 rings (SSSR count). The van der Waals surface area contributed by atoms with Crippen molar-refractivity contribution in [3.05, 3.63) is 59.3 Å². The van der Waals surface area contributed by atoms with E-state index in [0.29, 0.717) is 67.5 Å². The predicted molar refractivity (Wildman–Crippen MR) is 273 cm³/mol. The maximum Gasteiger partial charge on any atom is 0.239 e. The Bertz CT molecular complexity index is 2820. The molecule has 0 saturated carbocycles. The summed E-state index contributed by atoms with van der Waals surface area (Å²) < 4.78 is 28.9. The van der Waals surface area contributed by atoms with E-state index in [0.717, 1.165) is 131 Å². The molecule has 2 aromatic carbocycles. The predicted octanol–water partition coefficient (Wildman–Crippen LogP) is 8.33. The molecule has 7 aliphatic heterocycles. The van der Waals surface area contributed by atoms with Gasteiger partial charge in [-0.05, 0) is 76.3 Å². The summed E-state index contributed by atoms with van der Waals surface area (Å²) in [6.45, 7) is 3.15. The molecule has 69 heavy (non-hydrogen) atoms. The number of para-hydroxylation sites is 2. The average Bonchev–Trinajstić information content (AvgIpc) is 4.19. The van der Waals surface area contributed by atoms with Crippen LogP contribution in [0.4, 0.5) is 23.5 Å². The van der Waals surface area contributed by atoms with Gasteiger partial charge in [0.2, 0.25) is 17.8 Å². The van der Waals surface area contributed by atoms with Gasteiger partial charge in [0, 0.05) is 84.5 Å². The molecular formula is C52H61N9O6S2. The fourth-order valence-electron chi connectivity index (χ4n) is 12.7. The number of hydrogen-bond donors (Lipinski definition) is 1. The summed E-state index contributed by atoms with van der Waals surface area (Å²) in [5.74, 6) is 5.33. The Morgan fingerprint density at radius 2 is 1.04 bits per heavy atom. The van der Waals surface area contributed by atoms with E-state index >= 15 is 0 Å². The summed E-state index contributed by atoms with van der Waals surface area (Å²) in [5.41, 5.74) is 4.42. The lowest BCUT2D eigenvalue weighted by Gasteiger charge is -2.40. The number of carbonyl (C=O) groups excluding carboxylic acids is 1. The first-order valence-corrected chi connectivity index (χ1v) is 26.5. The molecule has 6 aromatic rings. The minimum atomic E-state index is 0.0124. The molecule has 1 amide bonds. The van der Waals surface area contributed by atoms with Crippen LogP contribution in [0.1, 0.15) is 64.2 Å². The molecule has 1 N–H and O–H groups in total. The van der Waals surface area contributed by atoms with Crippen LogP contribution < -0.4 is 34.4 Å². The molecular weight excluding hydrogens is 911 g/mol. The van der Waals surface area contributed by atoms with Crippen molar-refractivity contribution in [1.29, 1.82) is 0 Å². The molecule has 4 aromatic heterocycles. The van der Waals surface area contributed by atoms with Gasteiger partial charge in [0.15, 0.2) is 0 Å². The number of nitrogens with one attached hydrogen (secondary N) is 1. The van der Waals surface area contributed by atoms with Gasteiger partial charge in [-0.3, -0.25) is 4.79 Å². The molecule has 11 heterocycles. The molecule has 15 nitrogen and oxygen atoms in total. The Morgan fingerprint density at radius 3 is 1.52 bits per heavy atom. The summed E-state index contributed by atoms with van der Waals surface area (Å²) in [5, 5.41) is 9.54. The zero-order chi connectivity index (χ0) is 46.8. The summed E-state index contributed by atoms with van der Waals surface area (Å²) in [7, 11) is 7.13. The van der Waals surface area contributed by atoms with Gasteiger partial charge in [-0.1, -0.05) is 36.4 Å². The molecule has 7 aliphatic rings. The van der Waals surface area contributed by atoms with Gasteiger partial charge in [-0.2, -0.15) is 9.97 Å². The number of morpholine rings is 1. The molecule has 362 valence electrons. The topological polar surface area (TPSA) is 140 Å². The number of thiophene rings is 2. The third-order valence-electron chi connectivity index (χ3n) is 15.9. The third-order valence-corrected chi connectivity index (χ3v) is 17.7. The highest BCUT2D eigenvalue weighted by Gasteiger charge is 2.46. The monoisotopic (exact) mass is 971 g/mol. The Labute approximate surface area is 411 Å². The maximum absolute atomic E-state index is 12.1. The molecule has 6 bridgehead atoms. The van der Waals surface area contributed by atoms with E-state index in [-0.39, 0.29) is 12.5 Å². The first kappa shape index (κ1) is 44.8. The van der Waals surface area contributed by atoms with Gasteiger partial charge < -0.3 is 48.6 Å². The molecule has 7 fully saturated rings. The van der Waals surface area contributed by atoms with Crippen molar-refractivity contribution in [3.63, 3.8) is 0 Å². The van der Waals surface area contributed by atoms with Crippen molar-refractivity contribution in [2.24, 2.45) is 0 Å². The van der Waals surface area contributed by atoms with Crippen molar-refractivity contribution in [2.75, 3.05) is 80.9 Å². The third kappa shape index (κ3) is 8.01. The van der Waals surface area contributed by atoms with Crippen LogP contribution in [0.25, 0.3) is 42.7 Å². The molecule has 0 spiro atoms. The number of carbonyl (C=O) groups is 1. The largest absolute Gasteiger partial charge is 0.496 e. The number of amides is 1. The smallest absolute Gasteiger partial charge is 0.239 e. The first-order valence-electron chi connectivity index (χ1n) is 24.8. The van der Waals surface area contributed by atoms with E-state index in [2.05, 4.69) is 49.0 Å². The maximum atomic E-state index is 12.1. The van der Waals surface area contributed by atoms with Crippen LogP contribution in [0.3, 0.4) is 0 Å². The standard InChI is InChI=1S/C27H32N4O3S.C25H29N5O3S/c1-32-20-11-16-7-8-17(12-20)30(16)25-24-22(21-5-3-4-6-23(21)33-2)15-35-26(24)29-27(28-25)31-18-9-10-19(31)14-34-13-18;1-32-17-11-15-7-8-16(12-17)30(15)23-22-19(18-5-3-4-6-20(18)33-2)14-34-24(22)28-25(27-23)29-10-9-26-21(31)13-29/h3-6,15-20H,7-14H2,1-2H3;3-6,14-17H,7-13H2,1-2H3,(H,26,31). The van der Waals surface area contributed by atoms with Crippen LogP contribution in [0.5, 0.6) is 11.5 Å². The minimum absolute atomic E-state index is 0.0124. The van der Waals surface area contributed by atoms with Gasteiger partial charge in [0.1, 0.15) is 32.8 Å². The van der Waals surface area contributed by atoms with E-state index in [4.69, 9.17) is 43.6 Å². The molecule has 0 radical (unpaired) electrons. The van der Waals surface area contributed by atoms with E-state index in [9.17, 15) is 4.79 Å². The Kier molecular flexibility index (Phi) is 12.2. The summed E-state index contributed by atoms with van der Waals surface area (Å²) in [6.07, 6.45) is 11.8. The highest BCUT2D eigenvalue weighted by Crippen LogP contribution is 2.50. The lowest BCUT2D eigenvalue weighted by molar-refractivity contribution is -0.120. The zero-order valence-corrected chi connectivity index (χ0v) is 41.5. The molecule has 6 unspecified atom stereocenters. The number of benzene rings is 2. The van der Waals surface area contributed by atoms with Crippen molar-refractivity contribution in [2.45, 2.75) is 113 Å². The fourth-order valence-corrected chi connectivity index (χ4v) is 14.5. The lowest BCUT2D eigenvalue weighted by atomic mass is 9.98. The Hall–Kier alpha value is -5.33. The second kappa shape index (κ2) is 18.8. The highest BCUT2D eigenvalue weighted by atomic mass is 32.1. The quantitative estimate of drug-likeness (QED) is 0.141. The zero-order valence-electron chi connectivity index (χ0n) is 39.8. The van der Waals surface area contributed by atoms with E-state index in [1.54, 1.807) is 36.9 Å². The number of anilines is 4. The van der Waals surface area contributed by atoms with Gasteiger partial charge >= 0.3 is 0 Å². The number of fused-ring (bicyclic) bond motifs is 8. The summed E-state index contributed by atoms with van der Waals surface area (Å²) in [4.78, 5) is 44.4. The number of nitrogens with zero attached hydrogens (tertiary/aromatic N) is 8. The van der Waals surface area contributed by atoms with Crippen LogP contribution in [-0.4, -0.2) is 136 Å². The number of ether oxygens (including phenoxy) is 5. The number of methoxy groups -OCH3 is 4. The normalized spacial score (nSPS) is 27.2. The number of hydrogen-bond acceptors (Lipinski definition) is 16. The van der Waals surface area contributed by atoms with Gasteiger partial charge in [0.25, 0.3) is 0 Å². The van der Waals surface area contributed by atoms with Crippen LogP contribution in [0.2, 0.25) is 0 Å². The fraction of sp³-hybridized carbons (Fsp3) is 0.519. The van der Waals surface area contributed by atoms with Crippen molar-refractivity contribution < 1.29 is 28.5 Å². The average molecular weight is 972 g/mol. The van der Waals surface area contributed by atoms with Gasteiger partial charge in [0.05, 0.1) is 69.0 Å². The first-order chi connectivity index (χ1) is 33.9. The van der Waals surface area contributed by atoms with E-state index < -0.39 is 0 Å². The van der Waals surface area contributed by atoms with Gasteiger partial charge in [-0.25, -0.2) is 9.97 Å². The van der Waals surface area contributed by atoms with Crippen molar-refractivity contribution in [3.8, 4) is 33.8 Å². The molecule has 0 aliphatic carbocycles. The summed E-state index contributed by atoms with van der Waals surface area (Å²) in [6, 6.07) is 18.9. The van der Waals surface area contributed by atoms with Crippen LogP contribution in [-0.2, 0) is 19.0 Å². The number of piperazine rings is 1. The van der Waals surface area contributed by atoms with E-state index in [1.807, 2.05) is 49.5 Å². The van der Waals surface area contributed by atoms with Gasteiger partial charge in [-0.15, -0.1) is 22.7 Å². The van der Waals surface area contributed by atoms with E-state index in [1.165, 1.54) is 18.4 Å². The minimum Gasteiger partial charge on any atom is -0.496 e. The Balaban J connectivity index is 0.000000143. The van der Waals surface area contributed by atoms with Crippen molar-refractivity contribution >= 4 is 72.5 Å². The lowest BCUT2D eigenvalue weighted by Crippen LogP contribution is -2.49.